The van der Waals surface area contributed by atoms with Crippen LogP contribution in [0.15, 0.2) is 24.3 Å². The van der Waals surface area contributed by atoms with E-state index in [4.69, 9.17) is 0 Å². The number of nitrogens with one attached hydrogen (secondary N) is 1. The molecule has 1 aliphatic rings. The zero-order valence-electron chi connectivity index (χ0n) is 12.0. The molecule has 1 aromatic carbocycles. The normalized spacial score (nSPS) is 14.4. The summed E-state index contributed by atoms with van der Waals surface area (Å²) in [6, 6.07) is 8.50. The van der Waals surface area contributed by atoms with Crippen molar-refractivity contribution < 1.29 is 4.79 Å². The molecular formula is C16H24N2O. The molecule has 0 heterocycles. The zero-order chi connectivity index (χ0) is 13.7. The van der Waals surface area contributed by atoms with Crippen LogP contribution >= 0.6 is 0 Å². The highest BCUT2D eigenvalue weighted by Gasteiger charge is 2.20. The first kappa shape index (κ1) is 14.1. The number of amides is 1. The Balaban J connectivity index is 1.74. The van der Waals surface area contributed by atoms with Crippen LogP contribution in [0.4, 0.5) is 0 Å². The lowest BCUT2D eigenvalue weighted by molar-refractivity contribution is -0.129. The number of nitrogens with zero attached hydrogens (tertiary/aromatic N) is 1. The standard InChI is InChI=1S/C16H24N2O/c1-3-13-4-8-15(9-5-13)12-18(2)16(19)11-17-10-14-6-7-14/h4-5,8-9,14,17H,3,6-7,10-12H2,1-2H3. The average Bonchev–Trinajstić information content (AvgIpc) is 3.23. The van der Waals surface area contributed by atoms with Crippen LogP contribution in [0.2, 0.25) is 0 Å². The molecule has 0 saturated heterocycles. The summed E-state index contributed by atoms with van der Waals surface area (Å²) in [6.45, 7) is 4.29. The van der Waals surface area contributed by atoms with Gasteiger partial charge in [0.2, 0.25) is 5.91 Å². The van der Waals surface area contributed by atoms with Gasteiger partial charge in [0.05, 0.1) is 6.54 Å². The van der Waals surface area contributed by atoms with Gasteiger partial charge in [0.1, 0.15) is 0 Å². The topological polar surface area (TPSA) is 32.3 Å². The van der Waals surface area contributed by atoms with Crippen molar-refractivity contribution in [3.05, 3.63) is 35.4 Å². The Morgan fingerprint density at radius 2 is 1.89 bits per heavy atom. The van der Waals surface area contributed by atoms with Crippen molar-refractivity contribution in [3.8, 4) is 0 Å². The second-order valence-corrected chi connectivity index (χ2v) is 5.49. The van der Waals surface area contributed by atoms with Gasteiger partial charge in [-0.1, -0.05) is 31.2 Å². The van der Waals surface area contributed by atoms with Gasteiger partial charge in [-0.2, -0.15) is 0 Å². The molecule has 1 aromatic rings. The van der Waals surface area contributed by atoms with Crippen molar-refractivity contribution in [2.75, 3.05) is 20.1 Å². The molecule has 1 fully saturated rings. The van der Waals surface area contributed by atoms with Crippen LogP contribution < -0.4 is 5.32 Å². The quantitative estimate of drug-likeness (QED) is 0.815. The summed E-state index contributed by atoms with van der Waals surface area (Å²) in [5, 5.41) is 3.24. The van der Waals surface area contributed by atoms with Crippen LogP contribution in [-0.4, -0.2) is 30.9 Å². The van der Waals surface area contributed by atoms with Crippen molar-refractivity contribution in [1.29, 1.82) is 0 Å². The lowest BCUT2D eigenvalue weighted by Gasteiger charge is -2.17. The second kappa shape index (κ2) is 6.71. The van der Waals surface area contributed by atoms with Crippen molar-refractivity contribution >= 4 is 5.91 Å². The van der Waals surface area contributed by atoms with E-state index < -0.39 is 0 Å². The fourth-order valence-electron chi connectivity index (χ4n) is 2.08. The third-order valence-corrected chi connectivity index (χ3v) is 3.68. The summed E-state index contributed by atoms with van der Waals surface area (Å²) in [5.74, 6) is 0.986. The molecule has 0 aromatic heterocycles. The van der Waals surface area contributed by atoms with Crippen LogP contribution in [0.25, 0.3) is 0 Å². The van der Waals surface area contributed by atoms with Crippen LogP contribution in [0.5, 0.6) is 0 Å². The Morgan fingerprint density at radius 1 is 1.26 bits per heavy atom. The molecule has 3 heteroatoms. The highest BCUT2D eigenvalue weighted by atomic mass is 16.2. The lowest BCUT2D eigenvalue weighted by Crippen LogP contribution is -2.35. The molecular weight excluding hydrogens is 236 g/mol. The van der Waals surface area contributed by atoms with E-state index in [-0.39, 0.29) is 5.91 Å². The van der Waals surface area contributed by atoms with Gasteiger partial charge in [-0.3, -0.25) is 4.79 Å². The smallest absolute Gasteiger partial charge is 0.236 e. The van der Waals surface area contributed by atoms with E-state index in [9.17, 15) is 4.79 Å². The van der Waals surface area contributed by atoms with E-state index in [1.54, 1.807) is 4.90 Å². The van der Waals surface area contributed by atoms with Crippen molar-refractivity contribution in [2.24, 2.45) is 5.92 Å². The van der Waals surface area contributed by atoms with Crippen molar-refractivity contribution in [3.63, 3.8) is 0 Å². The predicted octanol–water partition coefficient (Wildman–Crippen LogP) is 2.21. The second-order valence-electron chi connectivity index (χ2n) is 5.49. The zero-order valence-corrected chi connectivity index (χ0v) is 12.0. The first-order chi connectivity index (χ1) is 9.19. The van der Waals surface area contributed by atoms with Crippen molar-refractivity contribution in [1.82, 2.24) is 10.2 Å². The molecule has 104 valence electrons. The summed E-state index contributed by atoms with van der Waals surface area (Å²) < 4.78 is 0. The lowest BCUT2D eigenvalue weighted by atomic mass is 10.1. The summed E-state index contributed by atoms with van der Waals surface area (Å²) >= 11 is 0. The summed E-state index contributed by atoms with van der Waals surface area (Å²) in [6.07, 6.45) is 3.70. The van der Waals surface area contributed by atoms with E-state index in [2.05, 4.69) is 36.5 Å². The highest BCUT2D eigenvalue weighted by molar-refractivity contribution is 5.77. The molecule has 0 atom stereocenters. The Labute approximate surface area is 116 Å². The molecule has 0 aliphatic heterocycles. The number of rotatable bonds is 7. The largest absolute Gasteiger partial charge is 0.340 e. The molecule has 1 N–H and O–H groups in total. The maximum absolute atomic E-state index is 11.9. The molecule has 0 spiro atoms. The average molecular weight is 260 g/mol. The van der Waals surface area contributed by atoms with E-state index in [1.807, 2.05) is 7.05 Å². The minimum atomic E-state index is 0.167. The predicted molar refractivity (Wildman–Crippen MR) is 77.9 cm³/mol. The number of likely N-dealkylation sites (N-methyl/N-ethyl adjacent to an activating group) is 1. The Kier molecular flexibility index (Phi) is 4.97. The molecule has 0 radical (unpaired) electrons. The van der Waals surface area contributed by atoms with E-state index in [1.165, 1.54) is 24.0 Å². The number of aryl methyl sites for hydroxylation is 1. The maximum atomic E-state index is 11.9. The number of hydrogen-bond acceptors (Lipinski definition) is 2. The molecule has 0 bridgehead atoms. The fraction of sp³-hybridized carbons (Fsp3) is 0.562. The van der Waals surface area contributed by atoms with Gasteiger partial charge in [0.25, 0.3) is 0 Å². The van der Waals surface area contributed by atoms with Gasteiger partial charge in [-0.05, 0) is 42.9 Å². The molecule has 1 amide bonds. The van der Waals surface area contributed by atoms with Gasteiger partial charge < -0.3 is 10.2 Å². The number of carbonyl (C=O) groups excluding carboxylic acids is 1. The van der Waals surface area contributed by atoms with Crippen LogP contribution in [-0.2, 0) is 17.8 Å². The van der Waals surface area contributed by atoms with E-state index in [0.717, 1.165) is 18.9 Å². The van der Waals surface area contributed by atoms with Crippen LogP contribution in [0, 0.1) is 5.92 Å². The number of carbonyl (C=O) groups is 1. The summed E-state index contributed by atoms with van der Waals surface area (Å²) in [4.78, 5) is 13.7. The minimum Gasteiger partial charge on any atom is -0.340 e. The van der Waals surface area contributed by atoms with Gasteiger partial charge >= 0.3 is 0 Å². The van der Waals surface area contributed by atoms with Gasteiger partial charge in [-0.25, -0.2) is 0 Å². The summed E-state index contributed by atoms with van der Waals surface area (Å²) in [5.41, 5.74) is 2.53. The monoisotopic (exact) mass is 260 g/mol. The number of hydrogen-bond donors (Lipinski definition) is 1. The maximum Gasteiger partial charge on any atom is 0.236 e. The Bertz CT molecular complexity index is 409. The third kappa shape index (κ3) is 4.67. The molecule has 0 unspecified atom stereocenters. The van der Waals surface area contributed by atoms with Gasteiger partial charge in [0, 0.05) is 13.6 Å². The summed E-state index contributed by atoms with van der Waals surface area (Å²) in [7, 11) is 1.87. The van der Waals surface area contributed by atoms with Crippen LogP contribution in [0.1, 0.15) is 30.9 Å². The fourth-order valence-corrected chi connectivity index (χ4v) is 2.08. The van der Waals surface area contributed by atoms with E-state index >= 15 is 0 Å². The van der Waals surface area contributed by atoms with Crippen LogP contribution in [0.3, 0.4) is 0 Å². The highest BCUT2D eigenvalue weighted by Crippen LogP contribution is 2.27. The number of benzene rings is 1. The Morgan fingerprint density at radius 3 is 2.47 bits per heavy atom. The molecule has 3 nitrogen and oxygen atoms in total. The van der Waals surface area contributed by atoms with Gasteiger partial charge in [0.15, 0.2) is 0 Å². The van der Waals surface area contributed by atoms with Gasteiger partial charge in [-0.15, -0.1) is 0 Å². The SMILES string of the molecule is CCc1ccc(CN(C)C(=O)CNCC2CC2)cc1. The minimum absolute atomic E-state index is 0.167. The van der Waals surface area contributed by atoms with E-state index in [0.29, 0.717) is 13.1 Å². The first-order valence-corrected chi connectivity index (χ1v) is 7.21. The molecule has 2 rings (SSSR count). The third-order valence-electron chi connectivity index (χ3n) is 3.68. The molecule has 19 heavy (non-hydrogen) atoms. The molecule has 1 saturated carbocycles. The Hall–Kier alpha value is -1.35. The first-order valence-electron chi connectivity index (χ1n) is 7.21. The van der Waals surface area contributed by atoms with Crippen molar-refractivity contribution in [2.45, 2.75) is 32.7 Å². The molecule has 1 aliphatic carbocycles.